The van der Waals surface area contributed by atoms with Crippen molar-refractivity contribution < 1.29 is 17.2 Å². The number of hydrogen-bond acceptors (Lipinski definition) is 3. The molecule has 1 aromatic heterocycles. The fraction of sp³-hybridized carbons (Fsp3) is 0.500. The lowest BCUT2D eigenvalue weighted by molar-refractivity contribution is 0.0561. The molecule has 0 amide bonds. The SMILES string of the molecule is Cc1nn(C(F)F)cc1S(C)(=O)=O. The van der Waals surface area contributed by atoms with Crippen LogP contribution in [-0.4, -0.2) is 24.5 Å². The lowest BCUT2D eigenvalue weighted by Crippen LogP contribution is -1.98. The highest BCUT2D eigenvalue weighted by molar-refractivity contribution is 7.90. The van der Waals surface area contributed by atoms with Gasteiger partial charge < -0.3 is 0 Å². The van der Waals surface area contributed by atoms with Gasteiger partial charge in [-0.3, -0.25) is 0 Å². The Hall–Kier alpha value is -0.980. The van der Waals surface area contributed by atoms with E-state index in [9.17, 15) is 17.2 Å². The Morgan fingerprint density at radius 1 is 1.54 bits per heavy atom. The molecule has 1 rings (SSSR count). The van der Waals surface area contributed by atoms with E-state index in [0.717, 1.165) is 12.5 Å². The van der Waals surface area contributed by atoms with E-state index in [1.54, 1.807) is 0 Å². The summed E-state index contributed by atoms with van der Waals surface area (Å²) in [5, 5.41) is 3.36. The lowest BCUT2D eigenvalue weighted by atomic mass is 10.5. The van der Waals surface area contributed by atoms with Gasteiger partial charge in [-0.25, -0.2) is 13.1 Å². The van der Waals surface area contributed by atoms with Crippen molar-refractivity contribution in [3.8, 4) is 0 Å². The average molecular weight is 210 g/mol. The monoisotopic (exact) mass is 210 g/mol. The van der Waals surface area contributed by atoms with E-state index >= 15 is 0 Å². The smallest absolute Gasteiger partial charge is 0.224 e. The van der Waals surface area contributed by atoms with Crippen LogP contribution in [0.3, 0.4) is 0 Å². The predicted octanol–water partition coefficient (Wildman–Crippen LogP) is 0.990. The van der Waals surface area contributed by atoms with E-state index in [-0.39, 0.29) is 10.6 Å². The topological polar surface area (TPSA) is 52.0 Å². The van der Waals surface area contributed by atoms with Gasteiger partial charge in [-0.15, -0.1) is 0 Å². The summed E-state index contributed by atoms with van der Waals surface area (Å²) in [6.07, 6.45) is 1.78. The summed E-state index contributed by atoms with van der Waals surface area (Å²) in [5.74, 6) is 0. The molecular weight excluding hydrogens is 202 g/mol. The molecule has 74 valence electrons. The van der Waals surface area contributed by atoms with Gasteiger partial charge in [-0.2, -0.15) is 13.9 Å². The standard InChI is InChI=1S/C6H8F2N2O2S/c1-4-5(13(2,11)12)3-10(9-4)6(7)8/h3,6H,1-2H3. The Kier molecular flexibility index (Phi) is 2.38. The molecule has 0 saturated heterocycles. The molecule has 0 radical (unpaired) electrons. The molecule has 0 aliphatic rings. The first kappa shape index (κ1) is 10.1. The second kappa shape index (κ2) is 3.06. The Morgan fingerprint density at radius 3 is 2.31 bits per heavy atom. The first-order valence-corrected chi connectivity index (χ1v) is 5.25. The van der Waals surface area contributed by atoms with Crippen molar-refractivity contribution >= 4 is 9.84 Å². The summed E-state index contributed by atoms with van der Waals surface area (Å²) in [6, 6.07) is 0. The van der Waals surface area contributed by atoms with Gasteiger partial charge in [0, 0.05) is 12.5 Å². The van der Waals surface area contributed by atoms with Gasteiger partial charge in [0.2, 0.25) is 0 Å². The summed E-state index contributed by atoms with van der Waals surface area (Å²) < 4.78 is 46.4. The van der Waals surface area contributed by atoms with Crippen molar-refractivity contribution in [2.45, 2.75) is 18.4 Å². The van der Waals surface area contributed by atoms with Crippen LogP contribution in [0.1, 0.15) is 12.2 Å². The third-order valence-corrected chi connectivity index (χ3v) is 2.67. The van der Waals surface area contributed by atoms with Crippen LogP contribution in [0, 0.1) is 6.92 Å². The van der Waals surface area contributed by atoms with Crippen LogP contribution in [-0.2, 0) is 9.84 Å². The van der Waals surface area contributed by atoms with Gasteiger partial charge >= 0.3 is 6.55 Å². The van der Waals surface area contributed by atoms with Crippen LogP contribution in [0.5, 0.6) is 0 Å². The van der Waals surface area contributed by atoms with Crippen LogP contribution in [0.25, 0.3) is 0 Å². The van der Waals surface area contributed by atoms with Crippen molar-refractivity contribution in [2.75, 3.05) is 6.26 Å². The Morgan fingerprint density at radius 2 is 2.08 bits per heavy atom. The largest absolute Gasteiger partial charge is 0.333 e. The van der Waals surface area contributed by atoms with Crippen molar-refractivity contribution in [2.24, 2.45) is 0 Å². The van der Waals surface area contributed by atoms with Gasteiger partial charge in [0.1, 0.15) is 4.90 Å². The van der Waals surface area contributed by atoms with Gasteiger partial charge in [-0.05, 0) is 6.92 Å². The molecule has 4 nitrogen and oxygen atoms in total. The summed E-state index contributed by atoms with van der Waals surface area (Å²) in [4.78, 5) is -0.159. The quantitative estimate of drug-likeness (QED) is 0.731. The molecule has 0 saturated carbocycles. The van der Waals surface area contributed by atoms with Crippen molar-refractivity contribution in [1.29, 1.82) is 0 Å². The molecule has 0 aliphatic carbocycles. The average Bonchev–Trinajstić information content (AvgIpc) is 2.29. The van der Waals surface area contributed by atoms with E-state index in [4.69, 9.17) is 0 Å². The molecule has 1 heterocycles. The molecule has 0 bridgehead atoms. The third-order valence-electron chi connectivity index (χ3n) is 1.47. The maximum Gasteiger partial charge on any atom is 0.333 e. The number of hydrogen-bond donors (Lipinski definition) is 0. The van der Waals surface area contributed by atoms with E-state index in [2.05, 4.69) is 5.10 Å². The number of aryl methyl sites for hydroxylation is 1. The Labute approximate surface area is 74.1 Å². The zero-order valence-corrected chi connectivity index (χ0v) is 7.85. The minimum atomic E-state index is -3.46. The first-order chi connectivity index (χ1) is 5.82. The number of sulfone groups is 1. The zero-order chi connectivity index (χ0) is 10.2. The molecule has 0 unspecified atom stereocenters. The molecule has 0 atom stereocenters. The number of halogens is 2. The van der Waals surface area contributed by atoms with E-state index in [0.29, 0.717) is 4.68 Å². The Balaban J connectivity index is 3.27. The molecule has 13 heavy (non-hydrogen) atoms. The highest BCUT2D eigenvalue weighted by Crippen LogP contribution is 2.17. The lowest BCUT2D eigenvalue weighted by Gasteiger charge is -1.94. The third kappa shape index (κ3) is 2.03. The summed E-state index contributed by atoms with van der Waals surface area (Å²) in [7, 11) is -3.46. The fourth-order valence-corrected chi connectivity index (χ4v) is 1.81. The van der Waals surface area contributed by atoms with Gasteiger partial charge in [0.15, 0.2) is 9.84 Å². The molecule has 0 spiro atoms. The van der Waals surface area contributed by atoms with Crippen LogP contribution < -0.4 is 0 Å². The van der Waals surface area contributed by atoms with E-state index < -0.39 is 16.4 Å². The molecule has 1 aromatic rings. The molecular formula is C6H8F2N2O2S. The van der Waals surface area contributed by atoms with Crippen LogP contribution in [0.15, 0.2) is 11.1 Å². The highest BCUT2D eigenvalue weighted by Gasteiger charge is 2.17. The predicted molar refractivity (Wildman–Crippen MR) is 41.3 cm³/mol. The van der Waals surface area contributed by atoms with Crippen molar-refractivity contribution in [3.05, 3.63) is 11.9 Å². The van der Waals surface area contributed by atoms with Gasteiger partial charge in [-0.1, -0.05) is 0 Å². The minimum absolute atomic E-state index is 0.0859. The zero-order valence-electron chi connectivity index (χ0n) is 7.03. The molecule has 0 N–H and O–H groups in total. The Bertz CT molecular complexity index is 410. The number of alkyl halides is 2. The second-order valence-corrected chi connectivity index (χ2v) is 4.59. The van der Waals surface area contributed by atoms with Gasteiger partial charge in [0.25, 0.3) is 0 Å². The van der Waals surface area contributed by atoms with E-state index in [1.165, 1.54) is 6.92 Å². The molecule has 0 aromatic carbocycles. The van der Waals surface area contributed by atoms with Gasteiger partial charge in [0.05, 0.1) is 5.69 Å². The normalized spacial score (nSPS) is 12.4. The van der Waals surface area contributed by atoms with Crippen molar-refractivity contribution in [1.82, 2.24) is 9.78 Å². The van der Waals surface area contributed by atoms with Crippen LogP contribution >= 0.6 is 0 Å². The second-order valence-electron chi connectivity index (χ2n) is 2.61. The van der Waals surface area contributed by atoms with Crippen molar-refractivity contribution in [3.63, 3.8) is 0 Å². The van der Waals surface area contributed by atoms with Crippen LogP contribution in [0.4, 0.5) is 8.78 Å². The summed E-state index contributed by atoms with van der Waals surface area (Å²) in [5.41, 5.74) is 0.0859. The van der Waals surface area contributed by atoms with Crippen LogP contribution in [0.2, 0.25) is 0 Å². The summed E-state index contributed by atoms with van der Waals surface area (Å²) in [6.45, 7) is -1.44. The maximum absolute atomic E-state index is 12.1. The molecule has 0 aliphatic heterocycles. The summed E-state index contributed by atoms with van der Waals surface area (Å²) >= 11 is 0. The minimum Gasteiger partial charge on any atom is -0.224 e. The molecule has 7 heteroatoms. The number of aromatic nitrogens is 2. The maximum atomic E-state index is 12.1. The van der Waals surface area contributed by atoms with E-state index in [1.807, 2.05) is 0 Å². The first-order valence-electron chi connectivity index (χ1n) is 3.36. The molecule has 0 fully saturated rings. The number of rotatable bonds is 2. The number of nitrogens with zero attached hydrogens (tertiary/aromatic N) is 2. The fourth-order valence-electron chi connectivity index (χ4n) is 0.929. The highest BCUT2D eigenvalue weighted by atomic mass is 32.2.